The Morgan fingerprint density at radius 1 is 1.43 bits per heavy atom. The van der Waals surface area contributed by atoms with Gasteiger partial charge in [0.1, 0.15) is 0 Å². The van der Waals surface area contributed by atoms with Crippen LogP contribution in [0.4, 0.5) is 0 Å². The Labute approximate surface area is 136 Å². The minimum atomic E-state index is -3.27. The maximum Gasteiger partial charge on any atom is 0.249 e. The molecule has 0 unspecified atom stereocenters. The number of rotatable bonds is 4. The van der Waals surface area contributed by atoms with E-state index in [2.05, 4.69) is 9.71 Å². The molecule has 1 atom stereocenters. The van der Waals surface area contributed by atoms with Crippen molar-refractivity contribution >= 4 is 15.9 Å². The smallest absolute Gasteiger partial charge is 0.249 e. The van der Waals surface area contributed by atoms with Gasteiger partial charge in [-0.2, -0.15) is 0 Å². The molecule has 1 aromatic heterocycles. The topological polar surface area (TPSA) is 84.3 Å². The highest BCUT2D eigenvalue weighted by atomic mass is 32.2. The third-order valence-corrected chi connectivity index (χ3v) is 5.05. The molecule has 23 heavy (non-hydrogen) atoms. The molecule has 8 heteroatoms. The molecule has 0 spiro atoms. The van der Waals surface area contributed by atoms with Crippen LogP contribution in [-0.4, -0.2) is 48.1 Å². The SMILES string of the molecule is CS(=O)(=O)NC[C@@H]1CN(C(=O)C2=CCCCC2)Cc2cncn21. The number of nitrogens with zero attached hydrogens (tertiary/aromatic N) is 3. The highest BCUT2D eigenvalue weighted by Crippen LogP contribution is 2.25. The lowest BCUT2D eigenvalue weighted by atomic mass is 9.98. The molecule has 3 rings (SSSR count). The molecule has 2 heterocycles. The predicted molar refractivity (Wildman–Crippen MR) is 86.1 cm³/mol. The zero-order valence-corrected chi connectivity index (χ0v) is 14.1. The Morgan fingerprint density at radius 3 is 2.96 bits per heavy atom. The largest absolute Gasteiger partial charge is 0.331 e. The summed E-state index contributed by atoms with van der Waals surface area (Å²) in [4.78, 5) is 18.7. The van der Waals surface area contributed by atoms with E-state index in [-0.39, 0.29) is 18.5 Å². The zero-order valence-electron chi connectivity index (χ0n) is 13.2. The van der Waals surface area contributed by atoms with Crippen molar-refractivity contribution in [3.05, 3.63) is 29.9 Å². The normalized spacial score (nSPS) is 21.7. The summed E-state index contributed by atoms with van der Waals surface area (Å²) in [6.07, 6.45) is 10.6. The summed E-state index contributed by atoms with van der Waals surface area (Å²) in [6, 6.07) is -0.135. The quantitative estimate of drug-likeness (QED) is 0.881. The van der Waals surface area contributed by atoms with Crippen LogP contribution in [0.25, 0.3) is 0 Å². The Morgan fingerprint density at radius 2 is 2.26 bits per heavy atom. The molecular formula is C15H22N4O3S. The number of aromatic nitrogens is 2. The molecule has 2 aliphatic rings. The van der Waals surface area contributed by atoms with Gasteiger partial charge in [-0.25, -0.2) is 18.1 Å². The van der Waals surface area contributed by atoms with Crippen molar-refractivity contribution in [1.82, 2.24) is 19.2 Å². The Hall–Kier alpha value is -1.67. The van der Waals surface area contributed by atoms with Gasteiger partial charge in [0.25, 0.3) is 0 Å². The van der Waals surface area contributed by atoms with Gasteiger partial charge in [0.2, 0.25) is 15.9 Å². The summed E-state index contributed by atoms with van der Waals surface area (Å²) in [5.41, 5.74) is 1.82. The van der Waals surface area contributed by atoms with Crippen LogP contribution in [0.2, 0.25) is 0 Å². The molecule has 0 saturated heterocycles. The fourth-order valence-corrected chi connectivity index (χ4v) is 3.68. The summed E-state index contributed by atoms with van der Waals surface area (Å²) in [7, 11) is -3.27. The number of carbonyl (C=O) groups is 1. The van der Waals surface area contributed by atoms with Gasteiger partial charge in [-0.05, 0) is 25.7 Å². The average Bonchev–Trinajstić information content (AvgIpc) is 3.00. The van der Waals surface area contributed by atoms with Crippen LogP contribution in [0.15, 0.2) is 24.2 Å². The molecule has 1 aliphatic heterocycles. The van der Waals surface area contributed by atoms with E-state index in [4.69, 9.17) is 0 Å². The Kier molecular flexibility index (Phi) is 4.54. The maximum atomic E-state index is 12.7. The molecule has 0 saturated carbocycles. The first-order chi connectivity index (χ1) is 10.9. The summed E-state index contributed by atoms with van der Waals surface area (Å²) in [5, 5.41) is 0. The van der Waals surface area contributed by atoms with Crippen molar-refractivity contribution in [2.45, 2.75) is 38.3 Å². The number of amides is 1. The first-order valence-electron chi connectivity index (χ1n) is 7.88. The second-order valence-electron chi connectivity index (χ2n) is 6.23. The van der Waals surface area contributed by atoms with E-state index in [1.165, 1.54) is 0 Å². The first kappa shape index (κ1) is 16.2. The van der Waals surface area contributed by atoms with Gasteiger partial charge in [0, 0.05) is 24.9 Å². The number of fused-ring (bicyclic) bond motifs is 1. The number of sulfonamides is 1. The van der Waals surface area contributed by atoms with Crippen molar-refractivity contribution in [2.75, 3.05) is 19.3 Å². The van der Waals surface area contributed by atoms with E-state index in [0.717, 1.165) is 43.2 Å². The molecule has 0 bridgehead atoms. The van der Waals surface area contributed by atoms with Crippen LogP contribution in [0, 0.1) is 0 Å². The fourth-order valence-electron chi connectivity index (χ4n) is 3.19. The van der Waals surface area contributed by atoms with E-state index >= 15 is 0 Å². The molecule has 1 aromatic rings. The van der Waals surface area contributed by atoms with Crippen LogP contribution < -0.4 is 4.72 Å². The van der Waals surface area contributed by atoms with E-state index in [1.807, 2.05) is 15.5 Å². The fraction of sp³-hybridized carbons (Fsp3) is 0.600. The van der Waals surface area contributed by atoms with E-state index in [9.17, 15) is 13.2 Å². The third-order valence-electron chi connectivity index (χ3n) is 4.36. The zero-order chi connectivity index (χ0) is 16.4. The summed E-state index contributed by atoms with van der Waals surface area (Å²) < 4.78 is 27.2. The van der Waals surface area contributed by atoms with Crippen LogP contribution in [-0.2, 0) is 21.4 Å². The Bertz CT molecular complexity index is 723. The number of hydrogen-bond donors (Lipinski definition) is 1. The van der Waals surface area contributed by atoms with Crippen molar-refractivity contribution in [1.29, 1.82) is 0 Å². The molecule has 1 aliphatic carbocycles. The molecule has 0 fully saturated rings. The molecule has 7 nitrogen and oxygen atoms in total. The van der Waals surface area contributed by atoms with E-state index < -0.39 is 10.0 Å². The lowest BCUT2D eigenvalue weighted by Gasteiger charge is -2.35. The lowest BCUT2D eigenvalue weighted by molar-refractivity contribution is -0.129. The second kappa shape index (κ2) is 6.45. The van der Waals surface area contributed by atoms with Crippen molar-refractivity contribution in [2.24, 2.45) is 0 Å². The van der Waals surface area contributed by atoms with E-state index in [1.54, 1.807) is 12.5 Å². The van der Waals surface area contributed by atoms with Gasteiger partial charge in [0.15, 0.2) is 0 Å². The number of nitrogens with one attached hydrogen (secondary N) is 1. The molecule has 0 aromatic carbocycles. The van der Waals surface area contributed by atoms with Crippen molar-refractivity contribution < 1.29 is 13.2 Å². The number of imidazole rings is 1. The van der Waals surface area contributed by atoms with Gasteiger partial charge >= 0.3 is 0 Å². The number of allylic oxidation sites excluding steroid dienone is 1. The monoisotopic (exact) mass is 338 g/mol. The van der Waals surface area contributed by atoms with Crippen molar-refractivity contribution in [3.8, 4) is 0 Å². The summed E-state index contributed by atoms with van der Waals surface area (Å²) in [6.45, 7) is 1.26. The summed E-state index contributed by atoms with van der Waals surface area (Å²) >= 11 is 0. The van der Waals surface area contributed by atoms with Crippen molar-refractivity contribution in [3.63, 3.8) is 0 Å². The minimum Gasteiger partial charge on any atom is -0.331 e. The minimum absolute atomic E-state index is 0.0708. The maximum absolute atomic E-state index is 12.7. The van der Waals surface area contributed by atoms with Gasteiger partial charge in [-0.1, -0.05) is 6.08 Å². The standard InChI is InChI=1S/C15H22N4O3S/c1-23(21,22)17-8-14-10-18(9-13-7-16-11-19(13)14)15(20)12-5-3-2-4-6-12/h5,7,11,14,17H,2-4,6,8-10H2,1H3/t14-/m1/s1. The van der Waals surface area contributed by atoms with Crippen LogP contribution in [0.5, 0.6) is 0 Å². The number of carbonyl (C=O) groups excluding carboxylic acids is 1. The highest BCUT2D eigenvalue weighted by Gasteiger charge is 2.30. The van der Waals surface area contributed by atoms with Gasteiger partial charge in [0.05, 0.1) is 30.9 Å². The summed E-state index contributed by atoms with van der Waals surface area (Å²) in [5.74, 6) is 0.0708. The average molecular weight is 338 g/mol. The predicted octanol–water partition coefficient (Wildman–Crippen LogP) is 0.816. The Balaban J connectivity index is 1.77. The third kappa shape index (κ3) is 3.81. The van der Waals surface area contributed by atoms with Gasteiger partial charge < -0.3 is 9.47 Å². The van der Waals surface area contributed by atoms with Crippen LogP contribution in [0.1, 0.15) is 37.4 Å². The van der Waals surface area contributed by atoms with Crippen LogP contribution >= 0.6 is 0 Å². The molecular weight excluding hydrogens is 316 g/mol. The lowest BCUT2D eigenvalue weighted by Crippen LogP contribution is -2.45. The van der Waals surface area contributed by atoms with Crippen LogP contribution in [0.3, 0.4) is 0 Å². The molecule has 1 N–H and O–H groups in total. The van der Waals surface area contributed by atoms with E-state index in [0.29, 0.717) is 13.1 Å². The first-order valence-corrected chi connectivity index (χ1v) is 9.77. The highest BCUT2D eigenvalue weighted by molar-refractivity contribution is 7.88. The molecule has 0 radical (unpaired) electrons. The number of hydrogen-bond acceptors (Lipinski definition) is 4. The molecule has 1 amide bonds. The van der Waals surface area contributed by atoms with Gasteiger partial charge in [-0.15, -0.1) is 0 Å². The van der Waals surface area contributed by atoms with Gasteiger partial charge in [-0.3, -0.25) is 4.79 Å². The molecule has 126 valence electrons. The second-order valence-corrected chi connectivity index (χ2v) is 8.06.